The highest BCUT2D eigenvalue weighted by molar-refractivity contribution is 6.21. The van der Waals surface area contributed by atoms with E-state index in [0.717, 1.165) is 22.4 Å². The van der Waals surface area contributed by atoms with Gasteiger partial charge in [0.15, 0.2) is 0 Å². The van der Waals surface area contributed by atoms with Crippen molar-refractivity contribution in [1.29, 1.82) is 0 Å². The summed E-state index contributed by atoms with van der Waals surface area (Å²) in [5.41, 5.74) is 2.69. The molecule has 19 heavy (non-hydrogen) atoms. The lowest BCUT2D eigenvalue weighted by Crippen LogP contribution is -1.99. The van der Waals surface area contributed by atoms with Crippen LogP contribution in [0.15, 0.2) is 42.5 Å². The number of benzene rings is 2. The third-order valence-electron chi connectivity index (χ3n) is 3.02. The Morgan fingerprint density at radius 2 is 1.95 bits per heavy atom. The molecule has 0 saturated heterocycles. The van der Waals surface area contributed by atoms with Crippen LogP contribution in [0.2, 0.25) is 0 Å². The number of hydrogen-bond donors (Lipinski definition) is 0. The molecule has 0 saturated carbocycles. The van der Waals surface area contributed by atoms with E-state index in [1.54, 1.807) is 7.11 Å². The summed E-state index contributed by atoms with van der Waals surface area (Å²) in [5, 5.41) is -0.273. The van der Waals surface area contributed by atoms with Crippen LogP contribution in [0.5, 0.6) is 5.75 Å². The first-order chi connectivity index (χ1) is 9.10. The number of alkyl halides is 1. The number of hydrogen-bond acceptors (Lipinski definition) is 1. The van der Waals surface area contributed by atoms with Crippen LogP contribution in [0.4, 0.5) is 4.39 Å². The van der Waals surface area contributed by atoms with E-state index >= 15 is 0 Å². The molecule has 0 N–H and O–H groups in total. The van der Waals surface area contributed by atoms with Crippen LogP contribution in [-0.4, -0.2) is 7.11 Å². The number of methoxy groups -OCH3 is 1. The molecule has 0 fully saturated rings. The Bertz CT molecular complexity index is 548. The topological polar surface area (TPSA) is 9.23 Å². The lowest BCUT2D eigenvalue weighted by atomic mass is 10.0. The molecule has 0 bridgehead atoms. The van der Waals surface area contributed by atoms with Gasteiger partial charge < -0.3 is 4.74 Å². The van der Waals surface area contributed by atoms with E-state index in [-0.39, 0.29) is 11.2 Å². The van der Waals surface area contributed by atoms with Crippen LogP contribution in [0.1, 0.15) is 22.1 Å². The summed E-state index contributed by atoms with van der Waals surface area (Å²) in [5.74, 6) is 0.557. The van der Waals surface area contributed by atoms with E-state index in [4.69, 9.17) is 16.3 Å². The molecule has 0 aromatic heterocycles. The van der Waals surface area contributed by atoms with Crippen molar-refractivity contribution in [2.75, 3.05) is 7.11 Å². The molecule has 0 amide bonds. The molecule has 1 unspecified atom stereocenters. The van der Waals surface area contributed by atoms with E-state index in [2.05, 4.69) is 0 Å². The van der Waals surface area contributed by atoms with Gasteiger partial charge in [0, 0.05) is 0 Å². The standard InChI is InChI=1S/C16H16ClFO/c1-11-7-13(9-14(18)8-11)15(17)10-12-5-3-4-6-16(12)19-2/h3-9,15H,10H2,1-2H3. The predicted octanol–water partition coefficient (Wildman–Crippen LogP) is 4.67. The third-order valence-corrected chi connectivity index (χ3v) is 3.42. The highest BCUT2D eigenvalue weighted by Crippen LogP contribution is 2.30. The Hall–Kier alpha value is -1.54. The molecule has 1 atom stereocenters. The second-order valence-corrected chi connectivity index (χ2v) is 5.07. The van der Waals surface area contributed by atoms with E-state index in [1.165, 1.54) is 12.1 Å². The first kappa shape index (κ1) is 13.9. The summed E-state index contributed by atoms with van der Waals surface area (Å²) in [6.45, 7) is 1.86. The Morgan fingerprint density at radius 3 is 2.63 bits per heavy atom. The van der Waals surface area contributed by atoms with E-state index in [9.17, 15) is 4.39 Å². The molecule has 0 heterocycles. The van der Waals surface area contributed by atoms with Gasteiger partial charge in [-0.15, -0.1) is 11.6 Å². The average Bonchev–Trinajstić information content (AvgIpc) is 2.38. The van der Waals surface area contributed by atoms with Gasteiger partial charge in [0.1, 0.15) is 11.6 Å². The van der Waals surface area contributed by atoms with Crippen molar-refractivity contribution in [3.8, 4) is 5.75 Å². The molecule has 1 nitrogen and oxygen atoms in total. The van der Waals surface area contributed by atoms with Gasteiger partial charge in [-0.05, 0) is 48.2 Å². The minimum atomic E-state index is -0.273. The molecule has 0 aliphatic rings. The molecule has 3 heteroatoms. The summed E-state index contributed by atoms with van der Waals surface area (Å²) >= 11 is 6.39. The Balaban J connectivity index is 2.22. The van der Waals surface area contributed by atoms with Crippen LogP contribution in [0.3, 0.4) is 0 Å². The molecule has 2 aromatic carbocycles. The van der Waals surface area contributed by atoms with Gasteiger partial charge in [-0.1, -0.05) is 24.3 Å². The van der Waals surface area contributed by atoms with Crippen molar-refractivity contribution in [1.82, 2.24) is 0 Å². The maximum absolute atomic E-state index is 13.4. The first-order valence-electron chi connectivity index (χ1n) is 6.13. The van der Waals surface area contributed by atoms with Gasteiger partial charge in [0.05, 0.1) is 12.5 Å². The van der Waals surface area contributed by atoms with Gasteiger partial charge >= 0.3 is 0 Å². The van der Waals surface area contributed by atoms with Crippen LogP contribution in [-0.2, 0) is 6.42 Å². The molecule has 0 aliphatic heterocycles. The maximum Gasteiger partial charge on any atom is 0.123 e. The minimum Gasteiger partial charge on any atom is -0.496 e. The molecule has 0 aliphatic carbocycles. The summed E-state index contributed by atoms with van der Waals surface area (Å²) < 4.78 is 18.7. The molecule has 0 radical (unpaired) electrons. The van der Waals surface area contributed by atoms with Gasteiger partial charge in [0.2, 0.25) is 0 Å². The highest BCUT2D eigenvalue weighted by Gasteiger charge is 2.13. The van der Waals surface area contributed by atoms with E-state index in [0.29, 0.717) is 6.42 Å². The largest absolute Gasteiger partial charge is 0.496 e. The Kier molecular flexibility index (Phi) is 4.43. The summed E-state index contributed by atoms with van der Waals surface area (Å²) in [6, 6.07) is 12.6. The van der Waals surface area contributed by atoms with E-state index in [1.807, 2.05) is 37.3 Å². The van der Waals surface area contributed by atoms with Crippen molar-refractivity contribution in [2.24, 2.45) is 0 Å². The predicted molar refractivity (Wildman–Crippen MR) is 76.4 cm³/mol. The summed E-state index contributed by atoms with van der Waals surface area (Å²) in [6.07, 6.45) is 0.606. The summed E-state index contributed by atoms with van der Waals surface area (Å²) in [7, 11) is 1.63. The Morgan fingerprint density at radius 1 is 1.21 bits per heavy atom. The third kappa shape index (κ3) is 3.48. The Labute approximate surface area is 118 Å². The molecular formula is C16H16ClFO. The smallest absolute Gasteiger partial charge is 0.123 e. The first-order valence-corrected chi connectivity index (χ1v) is 6.57. The zero-order valence-corrected chi connectivity index (χ0v) is 11.7. The lowest BCUT2D eigenvalue weighted by Gasteiger charge is -2.13. The highest BCUT2D eigenvalue weighted by atomic mass is 35.5. The summed E-state index contributed by atoms with van der Waals surface area (Å²) in [4.78, 5) is 0. The fraction of sp³-hybridized carbons (Fsp3) is 0.250. The van der Waals surface area contributed by atoms with Crippen molar-refractivity contribution < 1.29 is 9.13 Å². The van der Waals surface area contributed by atoms with Crippen LogP contribution < -0.4 is 4.74 Å². The molecule has 2 rings (SSSR count). The van der Waals surface area contributed by atoms with E-state index < -0.39 is 0 Å². The van der Waals surface area contributed by atoms with Crippen LogP contribution in [0, 0.1) is 12.7 Å². The fourth-order valence-corrected chi connectivity index (χ4v) is 2.42. The average molecular weight is 279 g/mol. The van der Waals surface area contributed by atoms with Gasteiger partial charge in [-0.2, -0.15) is 0 Å². The molecule has 2 aromatic rings. The monoisotopic (exact) mass is 278 g/mol. The van der Waals surface area contributed by atoms with Gasteiger partial charge in [0.25, 0.3) is 0 Å². The van der Waals surface area contributed by atoms with Gasteiger partial charge in [-0.25, -0.2) is 4.39 Å². The molecule has 100 valence electrons. The molecular weight excluding hydrogens is 263 g/mol. The lowest BCUT2D eigenvalue weighted by molar-refractivity contribution is 0.409. The van der Waals surface area contributed by atoms with Crippen molar-refractivity contribution in [3.63, 3.8) is 0 Å². The van der Waals surface area contributed by atoms with Crippen molar-refractivity contribution in [3.05, 3.63) is 65.0 Å². The fourth-order valence-electron chi connectivity index (χ4n) is 2.13. The number of para-hydroxylation sites is 1. The number of aryl methyl sites for hydroxylation is 1. The SMILES string of the molecule is COc1ccccc1CC(Cl)c1cc(C)cc(F)c1. The van der Waals surface area contributed by atoms with Gasteiger partial charge in [-0.3, -0.25) is 0 Å². The zero-order valence-electron chi connectivity index (χ0n) is 11.0. The number of rotatable bonds is 4. The van der Waals surface area contributed by atoms with Crippen molar-refractivity contribution in [2.45, 2.75) is 18.7 Å². The van der Waals surface area contributed by atoms with Crippen molar-refractivity contribution >= 4 is 11.6 Å². The normalized spacial score (nSPS) is 12.2. The maximum atomic E-state index is 13.4. The second kappa shape index (κ2) is 6.07. The number of ether oxygens (including phenoxy) is 1. The van der Waals surface area contributed by atoms with Crippen LogP contribution >= 0.6 is 11.6 Å². The quantitative estimate of drug-likeness (QED) is 0.739. The molecule has 0 spiro atoms. The number of halogens is 2. The zero-order chi connectivity index (χ0) is 13.8. The minimum absolute atomic E-state index is 0.249. The second-order valence-electron chi connectivity index (χ2n) is 4.55. The van der Waals surface area contributed by atoms with Crippen LogP contribution in [0.25, 0.3) is 0 Å².